The van der Waals surface area contributed by atoms with E-state index in [2.05, 4.69) is 43.4 Å². The molecule has 1 fully saturated rings. The molecule has 2 aromatic carbocycles. The van der Waals surface area contributed by atoms with Crippen LogP contribution >= 0.6 is 0 Å². The average Bonchev–Trinajstić information content (AvgIpc) is 3.01. The molecule has 2 heteroatoms. The predicted octanol–water partition coefficient (Wildman–Crippen LogP) is 4.31. The van der Waals surface area contributed by atoms with Gasteiger partial charge in [-0.25, -0.2) is 0 Å². The van der Waals surface area contributed by atoms with Gasteiger partial charge in [0.1, 0.15) is 12.4 Å². The first-order chi connectivity index (χ1) is 10.2. The van der Waals surface area contributed by atoms with Crippen LogP contribution in [0.1, 0.15) is 41.1 Å². The van der Waals surface area contributed by atoms with Crippen molar-refractivity contribution < 1.29 is 4.74 Å². The van der Waals surface area contributed by atoms with E-state index in [9.17, 15) is 0 Å². The number of aryl methyl sites for hydroxylation is 2. The van der Waals surface area contributed by atoms with E-state index in [-0.39, 0.29) is 0 Å². The normalized spacial score (nSPS) is 17.9. The van der Waals surface area contributed by atoms with E-state index in [1.807, 2.05) is 18.2 Å². The van der Waals surface area contributed by atoms with Crippen LogP contribution in [-0.2, 0) is 6.61 Å². The van der Waals surface area contributed by atoms with Gasteiger partial charge in [0.15, 0.2) is 0 Å². The van der Waals surface area contributed by atoms with Crippen LogP contribution in [0.4, 0.5) is 0 Å². The number of hydrogen-bond acceptors (Lipinski definition) is 2. The number of rotatable bonds is 4. The molecular formula is C19H23NO. The smallest absolute Gasteiger partial charge is 0.125 e. The van der Waals surface area contributed by atoms with Crippen LogP contribution < -0.4 is 10.1 Å². The van der Waals surface area contributed by atoms with E-state index in [0.717, 1.165) is 12.3 Å². The van der Waals surface area contributed by atoms with Gasteiger partial charge in [0.2, 0.25) is 0 Å². The van der Waals surface area contributed by atoms with Crippen molar-refractivity contribution >= 4 is 0 Å². The van der Waals surface area contributed by atoms with Gasteiger partial charge >= 0.3 is 0 Å². The molecule has 1 saturated heterocycles. The highest BCUT2D eigenvalue weighted by atomic mass is 16.5. The fraction of sp³-hybridized carbons (Fsp3) is 0.368. The Bertz CT molecular complexity index is 577. The molecule has 0 aliphatic carbocycles. The fourth-order valence-electron chi connectivity index (χ4n) is 3.11. The van der Waals surface area contributed by atoms with E-state index in [1.54, 1.807) is 0 Å². The number of hydrogen-bond donors (Lipinski definition) is 1. The Labute approximate surface area is 127 Å². The zero-order valence-electron chi connectivity index (χ0n) is 12.9. The predicted molar refractivity (Wildman–Crippen MR) is 86.7 cm³/mol. The fourth-order valence-corrected chi connectivity index (χ4v) is 3.11. The van der Waals surface area contributed by atoms with Gasteiger partial charge in [-0.15, -0.1) is 0 Å². The van der Waals surface area contributed by atoms with Crippen LogP contribution in [0.25, 0.3) is 0 Å². The molecule has 1 N–H and O–H groups in total. The van der Waals surface area contributed by atoms with Crippen LogP contribution in [0, 0.1) is 13.8 Å². The Balaban J connectivity index is 1.76. The van der Waals surface area contributed by atoms with Gasteiger partial charge in [-0.05, 0) is 55.5 Å². The second-order valence-corrected chi connectivity index (χ2v) is 5.91. The van der Waals surface area contributed by atoms with Crippen molar-refractivity contribution in [3.63, 3.8) is 0 Å². The standard InChI is InChI=1S/C19H23NO/c1-14-11-17(18-9-6-10-20-18)12-15(2)19(14)21-13-16-7-4-3-5-8-16/h3-5,7-8,11-12,18,20H,6,9-10,13H2,1-2H3/t18-/m0/s1. The molecule has 3 rings (SSSR count). The number of benzene rings is 2. The summed E-state index contributed by atoms with van der Waals surface area (Å²) < 4.78 is 6.05. The molecule has 0 saturated carbocycles. The highest BCUT2D eigenvalue weighted by molar-refractivity contribution is 5.44. The topological polar surface area (TPSA) is 21.3 Å². The summed E-state index contributed by atoms with van der Waals surface area (Å²) in [6, 6.07) is 15.4. The summed E-state index contributed by atoms with van der Waals surface area (Å²) in [5.41, 5.74) is 5.07. The molecule has 0 unspecified atom stereocenters. The lowest BCUT2D eigenvalue weighted by Crippen LogP contribution is -2.13. The lowest BCUT2D eigenvalue weighted by atomic mass is 9.99. The molecule has 0 radical (unpaired) electrons. The third-order valence-corrected chi connectivity index (χ3v) is 4.17. The zero-order valence-corrected chi connectivity index (χ0v) is 12.9. The van der Waals surface area contributed by atoms with E-state index in [0.29, 0.717) is 12.6 Å². The van der Waals surface area contributed by atoms with Gasteiger partial charge in [0.25, 0.3) is 0 Å². The molecule has 0 aromatic heterocycles. The summed E-state index contributed by atoms with van der Waals surface area (Å²) in [6.45, 7) is 6.05. The molecule has 2 aromatic rings. The van der Waals surface area contributed by atoms with Crippen molar-refractivity contribution in [2.75, 3.05) is 6.54 Å². The Hall–Kier alpha value is -1.80. The summed E-state index contributed by atoms with van der Waals surface area (Å²) in [5, 5.41) is 3.56. The second-order valence-electron chi connectivity index (χ2n) is 5.91. The number of nitrogens with one attached hydrogen (secondary N) is 1. The maximum Gasteiger partial charge on any atom is 0.125 e. The number of ether oxygens (including phenoxy) is 1. The maximum absolute atomic E-state index is 6.05. The van der Waals surface area contributed by atoms with Gasteiger partial charge in [-0.1, -0.05) is 42.5 Å². The molecule has 1 aliphatic heterocycles. The van der Waals surface area contributed by atoms with Crippen molar-refractivity contribution in [3.8, 4) is 5.75 Å². The zero-order chi connectivity index (χ0) is 14.7. The summed E-state index contributed by atoms with van der Waals surface area (Å²) in [4.78, 5) is 0. The van der Waals surface area contributed by atoms with Crippen molar-refractivity contribution in [3.05, 3.63) is 64.7 Å². The van der Waals surface area contributed by atoms with E-state index in [1.165, 1.54) is 35.1 Å². The van der Waals surface area contributed by atoms with E-state index >= 15 is 0 Å². The minimum absolute atomic E-state index is 0.519. The molecule has 0 spiro atoms. The van der Waals surface area contributed by atoms with Gasteiger partial charge in [-0.2, -0.15) is 0 Å². The first kappa shape index (κ1) is 14.2. The minimum atomic E-state index is 0.519. The highest BCUT2D eigenvalue weighted by Crippen LogP contribution is 2.31. The lowest BCUT2D eigenvalue weighted by molar-refractivity contribution is 0.302. The molecule has 1 heterocycles. The Morgan fingerprint density at radius 2 is 1.81 bits per heavy atom. The molecule has 0 bridgehead atoms. The van der Waals surface area contributed by atoms with Crippen molar-refractivity contribution in [1.82, 2.24) is 5.32 Å². The average molecular weight is 281 g/mol. The SMILES string of the molecule is Cc1cc([C@@H]2CCCN2)cc(C)c1OCc1ccccc1. The highest BCUT2D eigenvalue weighted by Gasteiger charge is 2.18. The van der Waals surface area contributed by atoms with Gasteiger partial charge in [0.05, 0.1) is 0 Å². The van der Waals surface area contributed by atoms with Crippen LogP contribution in [0.15, 0.2) is 42.5 Å². The van der Waals surface area contributed by atoms with Crippen LogP contribution in [0.2, 0.25) is 0 Å². The van der Waals surface area contributed by atoms with E-state index in [4.69, 9.17) is 4.74 Å². The van der Waals surface area contributed by atoms with Crippen molar-refractivity contribution in [2.24, 2.45) is 0 Å². The summed E-state index contributed by atoms with van der Waals surface area (Å²) in [7, 11) is 0. The molecule has 0 amide bonds. The second kappa shape index (κ2) is 6.31. The van der Waals surface area contributed by atoms with Crippen molar-refractivity contribution in [1.29, 1.82) is 0 Å². The third kappa shape index (κ3) is 3.27. The third-order valence-electron chi connectivity index (χ3n) is 4.17. The lowest BCUT2D eigenvalue weighted by Gasteiger charge is -2.17. The first-order valence-electron chi connectivity index (χ1n) is 7.75. The molecule has 21 heavy (non-hydrogen) atoms. The summed E-state index contributed by atoms with van der Waals surface area (Å²) in [6.07, 6.45) is 2.51. The maximum atomic E-state index is 6.05. The summed E-state index contributed by atoms with van der Waals surface area (Å²) >= 11 is 0. The molecule has 1 atom stereocenters. The molecule has 110 valence electrons. The van der Waals surface area contributed by atoms with Gasteiger partial charge < -0.3 is 10.1 Å². The largest absolute Gasteiger partial charge is 0.488 e. The quantitative estimate of drug-likeness (QED) is 0.902. The Kier molecular flexibility index (Phi) is 4.26. The van der Waals surface area contributed by atoms with Crippen LogP contribution in [0.3, 0.4) is 0 Å². The minimum Gasteiger partial charge on any atom is -0.488 e. The van der Waals surface area contributed by atoms with Gasteiger partial charge in [0, 0.05) is 6.04 Å². The van der Waals surface area contributed by atoms with Crippen LogP contribution in [-0.4, -0.2) is 6.54 Å². The first-order valence-corrected chi connectivity index (χ1v) is 7.75. The summed E-state index contributed by atoms with van der Waals surface area (Å²) in [5.74, 6) is 1.03. The molecule has 2 nitrogen and oxygen atoms in total. The van der Waals surface area contributed by atoms with Crippen LogP contribution in [0.5, 0.6) is 5.75 Å². The Morgan fingerprint density at radius 3 is 2.43 bits per heavy atom. The Morgan fingerprint density at radius 1 is 1.10 bits per heavy atom. The molecule has 1 aliphatic rings. The van der Waals surface area contributed by atoms with Gasteiger partial charge in [-0.3, -0.25) is 0 Å². The van der Waals surface area contributed by atoms with Crippen molar-refractivity contribution in [2.45, 2.75) is 39.3 Å². The monoisotopic (exact) mass is 281 g/mol. The molecular weight excluding hydrogens is 258 g/mol. The van der Waals surface area contributed by atoms with E-state index < -0.39 is 0 Å².